The van der Waals surface area contributed by atoms with Crippen LogP contribution >= 0.6 is 0 Å². The van der Waals surface area contributed by atoms with Crippen molar-refractivity contribution in [1.82, 2.24) is 0 Å². The maximum absolute atomic E-state index is 13.4. The van der Waals surface area contributed by atoms with Crippen LogP contribution < -0.4 is 9.46 Å². The molecule has 0 spiro atoms. The van der Waals surface area contributed by atoms with E-state index in [2.05, 4.69) is 39.3 Å². The van der Waals surface area contributed by atoms with Crippen molar-refractivity contribution in [3.05, 3.63) is 65.7 Å². The summed E-state index contributed by atoms with van der Waals surface area (Å²) in [7, 11) is -3.72. The van der Waals surface area contributed by atoms with Gasteiger partial charge in [-0.25, -0.2) is 8.42 Å². The first kappa shape index (κ1) is 23.2. The molecular formula is C29H35NO3S. The Morgan fingerprint density at radius 1 is 0.971 bits per heavy atom. The van der Waals surface area contributed by atoms with Gasteiger partial charge in [-0.05, 0) is 60.3 Å². The highest BCUT2D eigenvalue weighted by molar-refractivity contribution is 7.92. The molecule has 3 aromatic carbocycles. The van der Waals surface area contributed by atoms with Crippen molar-refractivity contribution >= 4 is 26.5 Å². The van der Waals surface area contributed by atoms with E-state index >= 15 is 0 Å². The lowest BCUT2D eigenvalue weighted by molar-refractivity contribution is 0.0895. The van der Waals surface area contributed by atoms with Crippen molar-refractivity contribution in [3.8, 4) is 5.75 Å². The van der Waals surface area contributed by atoms with Crippen molar-refractivity contribution in [2.75, 3.05) is 4.72 Å². The predicted molar refractivity (Wildman–Crippen MR) is 139 cm³/mol. The van der Waals surface area contributed by atoms with Crippen molar-refractivity contribution in [3.63, 3.8) is 0 Å². The maximum Gasteiger partial charge on any atom is 0.261 e. The Morgan fingerprint density at radius 3 is 2.29 bits per heavy atom. The number of hydrogen-bond acceptors (Lipinski definition) is 3. The molecule has 1 aliphatic carbocycles. The van der Waals surface area contributed by atoms with Crippen molar-refractivity contribution < 1.29 is 13.2 Å². The Labute approximate surface area is 203 Å². The van der Waals surface area contributed by atoms with Crippen LogP contribution in [0, 0.1) is 11.3 Å². The molecular weight excluding hydrogens is 442 g/mol. The lowest BCUT2D eigenvalue weighted by Crippen LogP contribution is -2.33. The Bertz CT molecular complexity index is 1320. The third-order valence-corrected chi connectivity index (χ3v) is 9.19. The van der Waals surface area contributed by atoms with Crippen LogP contribution in [0.4, 0.5) is 5.69 Å². The molecule has 0 aromatic heterocycles. The molecule has 1 saturated carbocycles. The van der Waals surface area contributed by atoms with E-state index in [1.807, 2.05) is 42.5 Å². The molecule has 0 saturated heterocycles. The molecule has 3 unspecified atom stereocenters. The van der Waals surface area contributed by atoms with Gasteiger partial charge in [0.25, 0.3) is 10.0 Å². The minimum absolute atomic E-state index is 0.174. The van der Waals surface area contributed by atoms with Crippen LogP contribution in [0.2, 0.25) is 0 Å². The minimum atomic E-state index is -3.72. The zero-order valence-electron chi connectivity index (χ0n) is 20.8. The van der Waals surface area contributed by atoms with Gasteiger partial charge in [0.2, 0.25) is 0 Å². The normalized spacial score (nSPS) is 22.4. The van der Waals surface area contributed by atoms with Gasteiger partial charge in [-0.1, -0.05) is 71.0 Å². The van der Waals surface area contributed by atoms with Gasteiger partial charge in [0, 0.05) is 22.3 Å². The number of sulfonamides is 1. The molecule has 1 aliphatic heterocycles. The SMILES string of the molecule is CC(C)c1ccc(S(=O)(=O)Nc2cc3c(c4ccccc24)OC2CCC(C(C)(C)C)CC32)cc1. The second-order valence-electron chi connectivity index (χ2n) is 11.4. The minimum Gasteiger partial charge on any atom is -0.489 e. The van der Waals surface area contributed by atoms with E-state index < -0.39 is 10.0 Å². The number of ether oxygens (including phenoxy) is 1. The molecule has 3 atom stereocenters. The topological polar surface area (TPSA) is 55.4 Å². The summed E-state index contributed by atoms with van der Waals surface area (Å²) in [6.07, 6.45) is 3.45. The molecule has 180 valence electrons. The fraction of sp³-hybridized carbons (Fsp3) is 0.448. The quantitative estimate of drug-likeness (QED) is 0.424. The second kappa shape index (κ2) is 8.30. The fourth-order valence-corrected chi connectivity index (χ4v) is 6.72. The van der Waals surface area contributed by atoms with Gasteiger partial charge in [0.05, 0.1) is 10.6 Å². The number of fused-ring (bicyclic) bond motifs is 5. The summed E-state index contributed by atoms with van der Waals surface area (Å²) in [5.41, 5.74) is 3.14. The summed E-state index contributed by atoms with van der Waals surface area (Å²) < 4.78 is 36.1. The van der Waals surface area contributed by atoms with E-state index in [-0.39, 0.29) is 16.4 Å². The molecule has 3 aromatic rings. The molecule has 1 heterocycles. The molecule has 0 radical (unpaired) electrons. The summed E-state index contributed by atoms with van der Waals surface area (Å²) in [5, 5.41) is 1.85. The monoisotopic (exact) mass is 477 g/mol. The predicted octanol–water partition coefficient (Wildman–Crippen LogP) is 7.45. The van der Waals surface area contributed by atoms with Gasteiger partial charge in [-0.3, -0.25) is 4.72 Å². The average molecular weight is 478 g/mol. The van der Waals surface area contributed by atoms with Crippen LogP contribution in [-0.4, -0.2) is 14.5 Å². The lowest BCUT2D eigenvalue weighted by Gasteiger charge is -2.38. The van der Waals surface area contributed by atoms with Crippen LogP contribution in [-0.2, 0) is 10.0 Å². The van der Waals surface area contributed by atoms with E-state index in [0.717, 1.165) is 40.5 Å². The molecule has 1 N–H and O–H groups in total. The highest BCUT2D eigenvalue weighted by atomic mass is 32.2. The third-order valence-electron chi connectivity index (χ3n) is 7.81. The Balaban J connectivity index is 1.55. The maximum atomic E-state index is 13.4. The second-order valence-corrected chi connectivity index (χ2v) is 13.0. The number of rotatable bonds is 4. The zero-order valence-corrected chi connectivity index (χ0v) is 21.6. The summed E-state index contributed by atoms with van der Waals surface area (Å²) in [6.45, 7) is 11.2. The molecule has 2 aliphatic rings. The number of nitrogens with one attached hydrogen (secondary N) is 1. The van der Waals surface area contributed by atoms with Gasteiger partial charge in [0.1, 0.15) is 11.9 Å². The molecule has 5 heteroatoms. The fourth-order valence-electron chi connectivity index (χ4n) is 5.65. The number of hydrogen-bond donors (Lipinski definition) is 1. The zero-order chi connectivity index (χ0) is 24.3. The Hall–Kier alpha value is -2.53. The van der Waals surface area contributed by atoms with Gasteiger partial charge in [-0.2, -0.15) is 0 Å². The van der Waals surface area contributed by atoms with E-state index in [1.165, 1.54) is 6.42 Å². The van der Waals surface area contributed by atoms with E-state index in [0.29, 0.717) is 23.4 Å². The lowest BCUT2D eigenvalue weighted by atomic mass is 9.67. The smallest absolute Gasteiger partial charge is 0.261 e. The molecule has 1 fully saturated rings. The summed E-state index contributed by atoms with van der Waals surface area (Å²) in [4.78, 5) is 0.279. The number of anilines is 1. The van der Waals surface area contributed by atoms with Crippen molar-refractivity contribution in [1.29, 1.82) is 0 Å². The summed E-state index contributed by atoms with van der Waals surface area (Å²) in [6, 6.07) is 17.2. The van der Waals surface area contributed by atoms with Crippen LogP contribution in [0.1, 0.15) is 76.8 Å². The van der Waals surface area contributed by atoms with Crippen LogP contribution in [0.5, 0.6) is 5.75 Å². The van der Waals surface area contributed by atoms with E-state index in [4.69, 9.17) is 4.74 Å². The first-order valence-corrected chi connectivity index (χ1v) is 13.9. The molecule has 0 amide bonds. The third kappa shape index (κ3) is 4.08. The molecule has 0 bridgehead atoms. The van der Waals surface area contributed by atoms with E-state index in [9.17, 15) is 8.42 Å². The van der Waals surface area contributed by atoms with Gasteiger partial charge < -0.3 is 4.74 Å². The highest BCUT2D eigenvalue weighted by Crippen LogP contribution is 2.54. The Morgan fingerprint density at radius 2 is 1.65 bits per heavy atom. The van der Waals surface area contributed by atoms with Crippen molar-refractivity contribution in [2.45, 2.75) is 76.7 Å². The van der Waals surface area contributed by atoms with Crippen molar-refractivity contribution in [2.24, 2.45) is 11.3 Å². The highest BCUT2D eigenvalue weighted by Gasteiger charge is 2.43. The van der Waals surface area contributed by atoms with Gasteiger partial charge >= 0.3 is 0 Å². The molecule has 34 heavy (non-hydrogen) atoms. The van der Waals surface area contributed by atoms with Crippen LogP contribution in [0.3, 0.4) is 0 Å². The summed E-state index contributed by atoms with van der Waals surface area (Å²) in [5.74, 6) is 2.20. The first-order valence-electron chi connectivity index (χ1n) is 12.4. The van der Waals surface area contributed by atoms with Crippen LogP contribution in [0.25, 0.3) is 10.8 Å². The largest absolute Gasteiger partial charge is 0.489 e. The first-order chi connectivity index (χ1) is 16.0. The summed E-state index contributed by atoms with van der Waals surface area (Å²) >= 11 is 0. The molecule has 5 rings (SSSR count). The van der Waals surface area contributed by atoms with E-state index in [1.54, 1.807) is 12.1 Å². The molecule has 4 nitrogen and oxygen atoms in total. The average Bonchev–Trinajstić information content (AvgIpc) is 3.16. The standard InChI is InChI=1S/C29H35NO3S/c1-18(2)19-10-13-21(14-11-19)34(31,32)30-26-17-25-24-16-20(29(3,4)5)12-15-27(24)33-28(25)23-9-7-6-8-22(23)26/h6-11,13-14,17-18,20,24,27,30H,12,15-16H2,1-5H3. The van der Waals surface area contributed by atoms with Gasteiger partial charge in [-0.15, -0.1) is 0 Å². The number of benzene rings is 3. The van der Waals surface area contributed by atoms with Crippen LogP contribution in [0.15, 0.2) is 59.5 Å². The Kier molecular flexibility index (Phi) is 5.67. The van der Waals surface area contributed by atoms with Gasteiger partial charge in [0.15, 0.2) is 0 Å².